The van der Waals surface area contributed by atoms with Gasteiger partial charge in [0.15, 0.2) is 0 Å². The molecule has 2 N–H and O–H groups in total. The van der Waals surface area contributed by atoms with Gasteiger partial charge in [-0.15, -0.1) is 0 Å². The smallest absolute Gasteiger partial charge is 0.335 e. The van der Waals surface area contributed by atoms with Crippen LogP contribution in [0.3, 0.4) is 0 Å². The average molecular weight is 300 g/mol. The second-order valence-electron chi connectivity index (χ2n) is 4.28. The minimum atomic E-state index is -1.23. The van der Waals surface area contributed by atoms with Gasteiger partial charge in [-0.25, -0.2) is 9.59 Å². The van der Waals surface area contributed by atoms with Crippen molar-refractivity contribution in [3.63, 3.8) is 0 Å². The second-order valence-corrected chi connectivity index (χ2v) is 4.28. The number of hydrogen-bond acceptors (Lipinski definition) is 5. The van der Waals surface area contributed by atoms with Gasteiger partial charge in [-0.3, -0.25) is 0 Å². The molecule has 0 radical (unpaired) electrons. The molecule has 0 amide bonds. The predicted octanol–water partition coefficient (Wildman–Crippen LogP) is 3.51. The Morgan fingerprint density at radius 3 is 1.82 bits per heavy atom. The van der Waals surface area contributed by atoms with E-state index in [1.807, 2.05) is 0 Å². The highest BCUT2D eigenvalue weighted by Gasteiger charge is 2.11. The van der Waals surface area contributed by atoms with Crippen molar-refractivity contribution in [1.29, 1.82) is 0 Å². The van der Waals surface area contributed by atoms with E-state index in [0.29, 0.717) is 11.4 Å². The molecule has 7 heteroatoms. The largest absolute Gasteiger partial charge is 0.497 e. The lowest BCUT2D eigenvalue weighted by Gasteiger charge is -2.01. The van der Waals surface area contributed by atoms with Crippen LogP contribution in [0.2, 0.25) is 0 Å². The van der Waals surface area contributed by atoms with E-state index in [1.165, 1.54) is 12.1 Å². The van der Waals surface area contributed by atoms with Gasteiger partial charge in [0, 0.05) is 0 Å². The fourth-order valence-electron chi connectivity index (χ4n) is 1.68. The summed E-state index contributed by atoms with van der Waals surface area (Å²) in [5, 5.41) is 25.8. The van der Waals surface area contributed by atoms with Crippen LogP contribution in [-0.4, -0.2) is 29.3 Å². The third-order valence-corrected chi connectivity index (χ3v) is 2.77. The van der Waals surface area contributed by atoms with E-state index in [-0.39, 0.29) is 16.8 Å². The number of azo groups is 1. The van der Waals surface area contributed by atoms with Crippen molar-refractivity contribution in [2.75, 3.05) is 7.11 Å². The summed E-state index contributed by atoms with van der Waals surface area (Å²) in [6, 6.07) is 10.3. The molecule has 0 aliphatic carbocycles. The third kappa shape index (κ3) is 3.66. The number of hydrogen-bond donors (Lipinski definition) is 2. The van der Waals surface area contributed by atoms with Crippen LogP contribution in [0.1, 0.15) is 20.7 Å². The average Bonchev–Trinajstić information content (AvgIpc) is 2.53. The molecule has 0 heterocycles. The number of carboxylic acid groups (broad SMARTS) is 2. The highest BCUT2D eigenvalue weighted by molar-refractivity contribution is 5.95. The third-order valence-electron chi connectivity index (χ3n) is 2.77. The number of carbonyl (C=O) groups is 2. The number of benzene rings is 2. The first kappa shape index (κ1) is 15.2. The number of aromatic carboxylic acids is 2. The van der Waals surface area contributed by atoms with Crippen molar-refractivity contribution >= 4 is 23.3 Å². The summed E-state index contributed by atoms with van der Waals surface area (Å²) in [7, 11) is 1.54. The van der Waals surface area contributed by atoms with E-state index < -0.39 is 11.9 Å². The van der Waals surface area contributed by atoms with Crippen molar-refractivity contribution in [2.24, 2.45) is 10.2 Å². The van der Waals surface area contributed by atoms with E-state index >= 15 is 0 Å². The first-order valence-electron chi connectivity index (χ1n) is 6.17. The number of carboxylic acids is 2. The zero-order chi connectivity index (χ0) is 16.1. The van der Waals surface area contributed by atoms with Crippen LogP contribution in [0.25, 0.3) is 0 Å². The monoisotopic (exact) mass is 300 g/mol. The van der Waals surface area contributed by atoms with Gasteiger partial charge in [0.25, 0.3) is 0 Å². The molecule has 0 fully saturated rings. The molecular formula is C15H12N2O5. The van der Waals surface area contributed by atoms with Crippen LogP contribution in [0.15, 0.2) is 52.7 Å². The molecular weight excluding hydrogens is 288 g/mol. The van der Waals surface area contributed by atoms with Crippen LogP contribution in [-0.2, 0) is 0 Å². The summed E-state index contributed by atoms with van der Waals surface area (Å²) in [5.41, 5.74) is 0.346. The lowest BCUT2D eigenvalue weighted by atomic mass is 10.1. The number of methoxy groups -OCH3 is 1. The predicted molar refractivity (Wildman–Crippen MR) is 77.5 cm³/mol. The standard InChI is InChI=1S/C15H12N2O5/c1-22-13-4-2-11(3-5-13)16-17-12-7-9(14(18)19)6-10(8-12)15(20)21/h2-8H,1H3,(H,18,19)(H,20,21). The lowest BCUT2D eigenvalue weighted by Crippen LogP contribution is -2.01. The zero-order valence-corrected chi connectivity index (χ0v) is 11.6. The first-order chi connectivity index (χ1) is 10.5. The molecule has 0 spiro atoms. The normalized spacial score (nSPS) is 10.6. The van der Waals surface area contributed by atoms with Crippen molar-refractivity contribution < 1.29 is 24.5 Å². The molecule has 7 nitrogen and oxygen atoms in total. The minimum Gasteiger partial charge on any atom is -0.497 e. The first-order valence-corrected chi connectivity index (χ1v) is 6.17. The van der Waals surface area contributed by atoms with Gasteiger partial charge in [-0.2, -0.15) is 10.2 Å². The Morgan fingerprint density at radius 1 is 0.864 bits per heavy atom. The molecule has 0 unspecified atom stereocenters. The lowest BCUT2D eigenvalue weighted by molar-refractivity contribution is 0.0696. The fraction of sp³-hybridized carbons (Fsp3) is 0.0667. The highest BCUT2D eigenvalue weighted by atomic mass is 16.5. The van der Waals surface area contributed by atoms with E-state index in [2.05, 4.69) is 10.2 Å². The quantitative estimate of drug-likeness (QED) is 0.821. The van der Waals surface area contributed by atoms with Gasteiger partial charge >= 0.3 is 11.9 Å². The molecule has 112 valence electrons. The molecule has 0 aliphatic heterocycles. The zero-order valence-electron chi connectivity index (χ0n) is 11.6. The molecule has 0 saturated heterocycles. The Labute approximate surface area is 125 Å². The Kier molecular flexibility index (Phi) is 4.47. The number of ether oxygens (including phenoxy) is 1. The van der Waals surface area contributed by atoms with E-state index in [9.17, 15) is 9.59 Å². The molecule has 0 saturated carbocycles. The Bertz CT molecular complexity index is 706. The van der Waals surface area contributed by atoms with Gasteiger partial charge < -0.3 is 14.9 Å². The summed E-state index contributed by atoms with van der Waals surface area (Å²) in [6.45, 7) is 0. The topological polar surface area (TPSA) is 109 Å². The van der Waals surface area contributed by atoms with Crippen LogP contribution in [0.4, 0.5) is 11.4 Å². The maximum absolute atomic E-state index is 11.0. The van der Waals surface area contributed by atoms with Gasteiger partial charge in [0.05, 0.1) is 29.6 Å². The van der Waals surface area contributed by atoms with Crippen molar-refractivity contribution in [2.45, 2.75) is 0 Å². The van der Waals surface area contributed by atoms with E-state index in [4.69, 9.17) is 14.9 Å². The maximum atomic E-state index is 11.0. The second kappa shape index (κ2) is 6.49. The van der Waals surface area contributed by atoms with Crippen LogP contribution < -0.4 is 4.74 Å². The summed E-state index contributed by atoms with van der Waals surface area (Å²) in [4.78, 5) is 22.0. The summed E-state index contributed by atoms with van der Waals surface area (Å²) < 4.78 is 5.01. The molecule has 22 heavy (non-hydrogen) atoms. The van der Waals surface area contributed by atoms with Crippen molar-refractivity contribution in [1.82, 2.24) is 0 Å². The van der Waals surface area contributed by atoms with Crippen molar-refractivity contribution in [3.8, 4) is 5.75 Å². The molecule has 0 bridgehead atoms. The van der Waals surface area contributed by atoms with Gasteiger partial charge in [0.1, 0.15) is 5.75 Å². The molecule has 0 atom stereocenters. The highest BCUT2D eigenvalue weighted by Crippen LogP contribution is 2.23. The maximum Gasteiger partial charge on any atom is 0.335 e. The van der Waals surface area contributed by atoms with Crippen LogP contribution in [0, 0.1) is 0 Å². The Balaban J connectivity index is 2.32. The fourth-order valence-corrected chi connectivity index (χ4v) is 1.68. The number of rotatable bonds is 5. The summed E-state index contributed by atoms with van der Waals surface area (Å²) in [5.74, 6) is -1.80. The molecule has 2 aromatic rings. The van der Waals surface area contributed by atoms with Gasteiger partial charge in [0.2, 0.25) is 0 Å². The molecule has 2 rings (SSSR count). The SMILES string of the molecule is COc1ccc(N=Nc2cc(C(=O)O)cc(C(=O)O)c2)cc1. The Hall–Kier alpha value is -3.22. The van der Waals surface area contributed by atoms with Crippen LogP contribution in [0.5, 0.6) is 5.75 Å². The van der Waals surface area contributed by atoms with Gasteiger partial charge in [-0.1, -0.05) is 0 Å². The Morgan fingerprint density at radius 2 is 1.36 bits per heavy atom. The number of nitrogens with zero attached hydrogens (tertiary/aromatic N) is 2. The summed E-state index contributed by atoms with van der Waals surface area (Å²) >= 11 is 0. The van der Waals surface area contributed by atoms with E-state index in [1.54, 1.807) is 31.4 Å². The van der Waals surface area contributed by atoms with Crippen molar-refractivity contribution in [3.05, 3.63) is 53.6 Å². The molecule has 0 aliphatic rings. The molecule has 0 aromatic heterocycles. The van der Waals surface area contributed by atoms with Crippen LogP contribution >= 0.6 is 0 Å². The molecule has 2 aromatic carbocycles. The minimum absolute atomic E-state index is 0.146. The summed E-state index contributed by atoms with van der Waals surface area (Å²) in [6.07, 6.45) is 0. The van der Waals surface area contributed by atoms with E-state index in [0.717, 1.165) is 6.07 Å². The van der Waals surface area contributed by atoms with Gasteiger partial charge in [-0.05, 0) is 42.5 Å².